The first-order valence-electron chi connectivity index (χ1n) is 8.75. The van der Waals surface area contributed by atoms with E-state index in [2.05, 4.69) is 48.3 Å². The molecule has 25 heavy (non-hydrogen) atoms. The van der Waals surface area contributed by atoms with Gasteiger partial charge in [-0.1, -0.05) is 0 Å². The molecule has 0 amide bonds. The largest absolute Gasteiger partial charge is 0.390 e. The van der Waals surface area contributed by atoms with Crippen molar-refractivity contribution in [1.82, 2.24) is 24.6 Å². The van der Waals surface area contributed by atoms with Crippen LogP contribution in [-0.4, -0.2) is 43.1 Å². The molecule has 0 saturated carbocycles. The van der Waals surface area contributed by atoms with E-state index in [1.165, 1.54) is 11.1 Å². The number of nitrogens with one attached hydrogen (secondary N) is 1. The lowest BCUT2D eigenvalue weighted by atomic mass is 10.1. The molecule has 0 bridgehead atoms. The molecule has 1 aromatic carbocycles. The van der Waals surface area contributed by atoms with Crippen molar-refractivity contribution in [2.75, 3.05) is 6.54 Å². The molecule has 3 aromatic rings. The third-order valence-corrected chi connectivity index (χ3v) is 4.57. The van der Waals surface area contributed by atoms with Gasteiger partial charge in [0.25, 0.3) is 0 Å². The predicted octanol–water partition coefficient (Wildman–Crippen LogP) is 2.20. The number of aromatic nitrogens is 4. The zero-order chi connectivity index (χ0) is 18.0. The van der Waals surface area contributed by atoms with Crippen LogP contribution in [0.5, 0.6) is 0 Å². The first-order valence-corrected chi connectivity index (χ1v) is 8.75. The maximum Gasteiger partial charge on any atom is 0.0959 e. The van der Waals surface area contributed by atoms with Gasteiger partial charge < -0.3 is 15.0 Å². The molecule has 0 aliphatic heterocycles. The Bertz CT molecular complexity index is 851. The van der Waals surface area contributed by atoms with Gasteiger partial charge in [0.1, 0.15) is 0 Å². The molecule has 3 rings (SSSR count). The van der Waals surface area contributed by atoms with Crippen LogP contribution >= 0.6 is 0 Å². The van der Waals surface area contributed by atoms with Crippen LogP contribution in [0.25, 0.3) is 11.0 Å². The lowest BCUT2D eigenvalue weighted by molar-refractivity contribution is 0.148. The van der Waals surface area contributed by atoms with Crippen LogP contribution in [0.4, 0.5) is 0 Å². The van der Waals surface area contributed by atoms with Crippen LogP contribution in [0.1, 0.15) is 23.6 Å². The third-order valence-electron chi connectivity index (χ3n) is 4.57. The summed E-state index contributed by atoms with van der Waals surface area (Å²) in [6, 6.07) is 4.47. The van der Waals surface area contributed by atoms with Crippen molar-refractivity contribution in [2.24, 2.45) is 0 Å². The van der Waals surface area contributed by atoms with Crippen molar-refractivity contribution >= 4 is 11.0 Å². The highest BCUT2D eigenvalue weighted by Crippen LogP contribution is 2.18. The van der Waals surface area contributed by atoms with E-state index in [-0.39, 0.29) is 6.04 Å². The molecule has 2 atom stereocenters. The first kappa shape index (κ1) is 17.6. The van der Waals surface area contributed by atoms with Gasteiger partial charge in [-0.3, -0.25) is 4.68 Å². The maximum atomic E-state index is 10.4. The van der Waals surface area contributed by atoms with Crippen molar-refractivity contribution in [3.63, 3.8) is 0 Å². The molecule has 0 aliphatic rings. The highest BCUT2D eigenvalue weighted by Gasteiger charge is 2.11. The van der Waals surface area contributed by atoms with Crippen molar-refractivity contribution in [3.8, 4) is 0 Å². The van der Waals surface area contributed by atoms with Crippen molar-refractivity contribution in [1.29, 1.82) is 0 Å². The van der Waals surface area contributed by atoms with Crippen LogP contribution in [0.3, 0.4) is 0 Å². The van der Waals surface area contributed by atoms with E-state index in [4.69, 9.17) is 0 Å². The second-order valence-corrected chi connectivity index (χ2v) is 7.02. The highest BCUT2D eigenvalue weighted by atomic mass is 16.3. The molecule has 0 fully saturated rings. The molecule has 134 valence electrons. The third kappa shape index (κ3) is 4.27. The Morgan fingerprint density at radius 3 is 2.64 bits per heavy atom. The molecule has 6 heteroatoms. The molecule has 0 saturated heterocycles. The molecule has 2 aromatic heterocycles. The standard InChI is InChI=1S/C19H27N5O/c1-13-7-22-24(9-13)10-16(4)20-8-17(25)11-23-12-21-18-5-14(2)15(3)6-19(18)23/h5-7,9,12,16-17,20,25H,8,10-11H2,1-4H3. The van der Waals surface area contributed by atoms with Gasteiger partial charge in [-0.05, 0) is 56.5 Å². The van der Waals surface area contributed by atoms with Gasteiger partial charge in [0.15, 0.2) is 0 Å². The average Bonchev–Trinajstić information content (AvgIpc) is 3.13. The molecule has 0 spiro atoms. The Morgan fingerprint density at radius 2 is 1.92 bits per heavy atom. The van der Waals surface area contributed by atoms with Gasteiger partial charge in [0.2, 0.25) is 0 Å². The Balaban J connectivity index is 1.55. The summed E-state index contributed by atoms with van der Waals surface area (Å²) in [5.74, 6) is 0. The monoisotopic (exact) mass is 341 g/mol. The number of rotatable bonds is 7. The zero-order valence-corrected chi connectivity index (χ0v) is 15.4. The van der Waals surface area contributed by atoms with Gasteiger partial charge in [-0.15, -0.1) is 0 Å². The molecule has 0 radical (unpaired) electrons. The van der Waals surface area contributed by atoms with Gasteiger partial charge >= 0.3 is 0 Å². The Kier molecular flexibility index (Phi) is 5.20. The quantitative estimate of drug-likeness (QED) is 0.691. The second kappa shape index (κ2) is 7.37. The Morgan fingerprint density at radius 1 is 1.16 bits per heavy atom. The van der Waals surface area contributed by atoms with Crippen LogP contribution in [-0.2, 0) is 13.1 Å². The molecule has 2 heterocycles. The number of nitrogens with zero attached hydrogens (tertiary/aromatic N) is 4. The fraction of sp³-hybridized carbons (Fsp3) is 0.474. The maximum absolute atomic E-state index is 10.4. The second-order valence-electron chi connectivity index (χ2n) is 7.02. The number of imidazole rings is 1. The van der Waals surface area contributed by atoms with Gasteiger partial charge in [-0.25, -0.2) is 4.98 Å². The van der Waals surface area contributed by atoms with E-state index in [0.717, 1.165) is 23.1 Å². The smallest absolute Gasteiger partial charge is 0.0959 e. The Labute approximate surface area is 148 Å². The average molecular weight is 341 g/mol. The summed E-state index contributed by atoms with van der Waals surface area (Å²) in [5.41, 5.74) is 5.69. The minimum Gasteiger partial charge on any atom is -0.390 e. The van der Waals surface area contributed by atoms with Gasteiger partial charge in [-0.2, -0.15) is 5.10 Å². The summed E-state index contributed by atoms with van der Waals surface area (Å²) in [6.07, 6.45) is 5.22. The van der Waals surface area contributed by atoms with E-state index in [1.807, 2.05) is 34.9 Å². The molecule has 6 nitrogen and oxygen atoms in total. The minimum absolute atomic E-state index is 0.235. The van der Waals surface area contributed by atoms with Crippen molar-refractivity contribution in [3.05, 3.63) is 47.5 Å². The molecule has 2 N–H and O–H groups in total. The van der Waals surface area contributed by atoms with Crippen molar-refractivity contribution in [2.45, 2.75) is 52.9 Å². The SMILES string of the molecule is Cc1cnn(CC(C)NCC(O)Cn2cnc3cc(C)c(C)cc32)c1. The van der Waals surface area contributed by atoms with Gasteiger partial charge in [0, 0.05) is 18.8 Å². The topological polar surface area (TPSA) is 67.9 Å². The highest BCUT2D eigenvalue weighted by molar-refractivity contribution is 5.77. The fourth-order valence-electron chi connectivity index (χ4n) is 3.00. The number of hydrogen-bond acceptors (Lipinski definition) is 4. The molecule has 0 aliphatic carbocycles. The molecular formula is C19H27N5O. The van der Waals surface area contributed by atoms with Gasteiger partial charge in [0.05, 0.1) is 42.8 Å². The summed E-state index contributed by atoms with van der Waals surface area (Å²) >= 11 is 0. The van der Waals surface area contributed by atoms with Crippen LogP contribution < -0.4 is 5.32 Å². The van der Waals surface area contributed by atoms with E-state index in [1.54, 1.807) is 0 Å². The number of hydrogen-bond donors (Lipinski definition) is 2. The lowest BCUT2D eigenvalue weighted by Gasteiger charge is -2.18. The minimum atomic E-state index is -0.471. The summed E-state index contributed by atoms with van der Waals surface area (Å²) in [5, 5.41) is 18.1. The lowest BCUT2D eigenvalue weighted by Crippen LogP contribution is -2.38. The summed E-state index contributed by atoms with van der Waals surface area (Å²) in [7, 11) is 0. The van der Waals surface area contributed by atoms with Crippen molar-refractivity contribution < 1.29 is 5.11 Å². The summed E-state index contributed by atoms with van der Waals surface area (Å²) in [6.45, 7) is 10.2. The van der Waals surface area contributed by atoms with E-state index < -0.39 is 6.10 Å². The van der Waals surface area contributed by atoms with Crippen LogP contribution in [0, 0.1) is 20.8 Å². The molecular weight excluding hydrogens is 314 g/mol. The van der Waals surface area contributed by atoms with E-state index >= 15 is 0 Å². The van der Waals surface area contributed by atoms with Crippen LogP contribution in [0.15, 0.2) is 30.9 Å². The number of fused-ring (bicyclic) bond motifs is 1. The normalized spacial score (nSPS) is 14.1. The number of aliphatic hydroxyl groups is 1. The van der Waals surface area contributed by atoms with E-state index in [0.29, 0.717) is 13.1 Å². The number of aliphatic hydroxyl groups excluding tert-OH is 1. The predicted molar refractivity (Wildman–Crippen MR) is 99.6 cm³/mol. The molecule has 2 unspecified atom stereocenters. The summed E-state index contributed by atoms with van der Waals surface area (Å²) in [4.78, 5) is 4.45. The summed E-state index contributed by atoms with van der Waals surface area (Å²) < 4.78 is 3.95. The Hall–Kier alpha value is -2.18. The van der Waals surface area contributed by atoms with E-state index in [9.17, 15) is 5.11 Å². The zero-order valence-electron chi connectivity index (χ0n) is 15.4. The first-order chi connectivity index (χ1) is 11.9. The number of aryl methyl sites for hydroxylation is 3. The number of benzene rings is 1. The fourth-order valence-corrected chi connectivity index (χ4v) is 3.00. The van der Waals surface area contributed by atoms with Crippen LogP contribution in [0.2, 0.25) is 0 Å².